The van der Waals surface area contributed by atoms with Crippen LogP contribution in [0.1, 0.15) is 38.7 Å². The molecule has 0 radical (unpaired) electrons. The van der Waals surface area contributed by atoms with Crippen molar-refractivity contribution in [3.8, 4) is 17.6 Å². The molecule has 2 aromatic rings. The van der Waals surface area contributed by atoms with Crippen molar-refractivity contribution in [2.45, 2.75) is 45.5 Å². The van der Waals surface area contributed by atoms with Crippen molar-refractivity contribution in [2.75, 3.05) is 51.4 Å². The Morgan fingerprint density at radius 2 is 1.95 bits per heavy atom. The minimum Gasteiger partial charge on any atom is -0.406 e. The van der Waals surface area contributed by atoms with Gasteiger partial charge in [0.15, 0.2) is 0 Å². The highest BCUT2D eigenvalue weighted by Gasteiger charge is 2.31. The third-order valence-corrected chi connectivity index (χ3v) is 5.69. The standard InChI is InChI=1S/C29H38F3N7O3/c1-6-16-33-26-22(20-35-28(37-26)36-23-13-10-14-24(19-23)42-29(30,31)32)12-8-7-9-17-34-27(41)21(2)39(5)25(40)15-11-18-38(3)4/h10-11,13-15,19-21H,6-7,9,16-18H2,1-5H3,(H,34,41)(H2,33,35,36,37)/b15-11+/t21-/m0/s1. The Labute approximate surface area is 244 Å². The molecule has 10 nitrogen and oxygen atoms in total. The van der Waals surface area contributed by atoms with Crippen LogP contribution in [-0.2, 0) is 9.59 Å². The van der Waals surface area contributed by atoms with Gasteiger partial charge in [-0.2, -0.15) is 4.98 Å². The molecule has 42 heavy (non-hydrogen) atoms. The molecule has 0 saturated heterocycles. The molecule has 0 bridgehead atoms. The van der Waals surface area contributed by atoms with E-state index in [1.54, 1.807) is 26.1 Å². The highest BCUT2D eigenvalue weighted by atomic mass is 19.4. The monoisotopic (exact) mass is 589 g/mol. The second kappa shape index (κ2) is 16.8. The quantitative estimate of drug-likeness (QED) is 0.171. The third-order valence-electron chi connectivity index (χ3n) is 5.69. The zero-order valence-corrected chi connectivity index (χ0v) is 24.5. The van der Waals surface area contributed by atoms with Gasteiger partial charge in [0.25, 0.3) is 0 Å². The van der Waals surface area contributed by atoms with Gasteiger partial charge < -0.3 is 30.5 Å². The van der Waals surface area contributed by atoms with Crippen LogP contribution in [0, 0.1) is 11.8 Å². The van der Waals surface area contributed by atoms with Gasteiger partial charge in [0.2, 0.25) is 17.8 Å². The Balaban J connectivity index is 1.93. The Hall–Kier alpha value is -4.31. The highest BCUT2D eigenvalue weighted by Crippen LogP contribution is 2.26. The summed E-state index contributed by atoms with van der Waals surface area (Å²) in [7, 11) is 5.38. The van der Waals surface area contributed by atoms with Crippen LogP contribution < -0.4 is 20.7 Å². The topological polar surface area (TPSA) is 112 Å². The molecule has 2 rings (SSSR count). The molecular formula is C29H38F3N7O3. The number of hydrogen-bond donors (Lipinski definition) is 3. The van der Waals surface area contributed by atoms with Crippen LogP contribution in [0.3, 0.4) is 0 Å². The first-order valence-corrected chi connectivity index (χ1v) is 13.5. The summed E-state index contributed by atoms with van der Waals surface area (Å²) in [6.45, 7) is 5.32. The molecule has 0 saturated carbocycles. The molecule has 2 amide bonds. The summed E-state index contributed by atoms with van der Waals surface area (Å²) in [5.41, 5.74) is 0.882. The lowest BCUT2D eigenvalue weighted by molar-refractivity contribution is -0.274. The van der Waals surface area contributed by atoms with Crippen LogP contribution in [0.25, 0.3) is 0 Å². The van der Waals surface area contributed by atoms with Crippen molar-refractivity contribution in [1.82, 2.24) is 25.1 Å². The van der Waals surface area contributed by atoms with Gasteiger partial charge in [-0.1, -0.05) is 30.9 Å². The number of likely N-dealkylation sites (N-methyl/N-ethyl adjacent to an activating group) is 2. The number of aromatic nitrogens is 2. The first-order valence-electron chi connectivity index (χ1n) is 13.5. The van der Waals surface area contributed by atoms with Crippen molar-refractivity contribution in [2.24, 2.45) is 0 Å². The number of benzene rings is 1. The van der Waals surface area contributed by atoms with Gasteiger partial charge in [-0.25, -0.2) is 4.98 Å². The second-order valence-corrected chi connectivity index (χ2v) is 9.57. The van der Waals surface area contributed by atoms with E-state index >= 15 is 0 Å². The van der Waals surface area contributed by atoms with Crippen molar-refractivity contribution >= 4 is 29.3 Å². The van der Waals surface area contributed by atoms with Crippen LogP contribution in [0.4, 0.5) is 30.6 Å². The van der Waals surface area contributed by atoms with E-state index in [1.807, 2.05) is 25.9 Å². The van der Waals surface area contributed by atoms with Crippen LogP contribution in [0.15, 0.2) is 42.6 Å². The molecule has 0 aliphatic rings. The zero-order valence-electron chi connectivity index (χ0n) is 24.5. The van der Waals surface area contributed by atoms with E-state index in [9.17, 15) is 22.8 Å². The predicted molar refractivity (Wildman–Crippen MR) is 156 cm³/mol. The molecule has 1 aromatic heterocycles. The molecule has 0 spiro atoms. The first-order chi connectivity index (χ1) is 19.9. The Kier molecular flexibility index (Phi) is 13.6. The van der Waals surface area contributed by atoms with Gasteiger partial charge in [0.05, 0.1) is 11.8 Å². The molecule has 1 aromatic carbocycles. The summed E-state index contributed by atoms with van der Waals surface area (Å²) < 4.78 is 41.6. The SMILES string of the molecule is CCCNc1nc(Nc2cccc(OC(F)(F)F)c2)ncc1C#CCCCNC(=O)[C@H](C)N(C)C(=O)/C=C/CN(C)C. The number of ether oxygens (including phenoxy) is 1. The van der Waals surface area contributed by atoms with Gasteiger partial charge in [0, 0.05) is 50.9 Å². The fraction of sp³-hybridized carbons (Fsp3) is 0.448. The molecule has 0 aliphatic carbocycles. The lowest BCUT2D eigenvalue weighted by Crippen LogP contribution is -2.45. The lowest BCUT2D eigenvalue weighted by atomic mass is 10.2. The van der Waals surface area contributed by atoms with E-state index in [0.717, 1.165) is 6.42 Å². The molecule has 0 unspecified atom stereocenters. The summed E-state index contributed by atoms with van der Waals surface area (Å²) >= 11 is 0. The number of halogens is 3. The lowest BCUT2D eigenvalue weighted by Gasteiger charge is -2.23. The average molecular weight is 590 g/mol. The van der Waals surface area contributed by atoms with Crippen molar-refractivity contribution in [1.29, 1.82) is 0 Å². The van der Waals surface area contributed by atoms with E-state index in [4.69, 9.17) is 0 Å². The maximum Gasteiger partial charge on any atom is 0.573 e. The maximum atomic E-state index is 12.5. The zero-order chi connectivity index (χ0) is 31.1. The van der Waals surface area contributed by atoms with E-state index in [1.165, 1.54) is 35.4 Å². The molecule has 1 heterocycles. The van der Waals surface area contributed by atoms with Gasteiger partial charge in [0.1, 0.15) is 17.6 Å². The third kappa shape index (κ3) is 12.5. The predicted octanol–water partition coefficient (Wildman–Crippen LogP) is 4.15. The second-order valence-electron chi connectivity index (χ2n) is 9.57. The Morgan fingerprint density at radius 3 is 2.64 bits per heavy atom. The molecule has 0 aliphatic heterocycles. The van der Waals surface area contributed by atoms with Gasteiger partial charge >= 0.3 is 6.36 Å². The largest absolute Gasteiger partial charge is 0.573 e. The smallest absolute Gasteiger partial charge is 0.406 e. The summed E-state index contributed by atoms with van der Waals surface area (Å²) in [6.07, 6.45) is 1.87. The number of amides is 2. The maximum absolute atomic E-state index is 12.5. The summed E-state index contributed by atoms with van der Waals surface area (Å²) in [4.78, 5) is 36.7. The number of nitrogens with one attached hydrogen (secondary N) is 3. The number of rotatable bonds is 14. The number of alkyl halides is 3. The van der Waals surface area contributed by atoms with Crippen LogP contribution >= 0.6 is 0 Å². The number of hydrogen-bond acceptors (Lipinski definition) is 8. The van der Waals surface area contributed by atoms with Gasteiger partial charge in [-0.05, 0) is 46.0 Å². The van der Waals surface area contributed by atoms with Gasteiger partial charge in [-0.15, -0.1) is 13.2 Å². The fourth-order valence-corrected chi connectivity index (χ4v) is 3.35. The van der Waals surface area contributed by atoms with E-state index in [-0.39, 0.29) is 23.5 Å². The average Bonchev–Trinajstić information content (AvgIpc) is 2.92. The van der Waals surface area contributed by atoms with E-state index in [2.05, 4.69) is 42.5 Å². The molecule has 13 heteroatoms. The van der Waals surface area contributed by atoms with Crippen LogP contribution in [0.2, 0.25) is 0 Å². The molecule has 1 atom stereocenters. The summed E-state index contributed by atoms with van der Waals surface area (Å²) in [6, 6.07) is 4.76. The van der Waals surface area contributed by atoms with Crippen LogP contribution in [-0.4, -0.2) is 84.8 Å². The number of carbonyl (C=O) groups excluding carboxylic acids is 2. The number of nitrogens with zero attached hydrogens (tertiary/aromatic N) is 4. The molecule has 228 valence electrons. The normalized spacial score (nSPS) is 11.9. The highest BCUT2D eigenvalue weighted by molar-refractivity contribution is 5.92. The summed E-state index contributed by atoms with van der Waals surface area (Å²) in [5, 5.41) is 8.89. The van der Waals surface area contributed by atoms with E-state index < -0.39 is 12.4 Å². The fourth-order valence-electron chi connectivity index (χ4n) is 3.35. The number of carbonyl (C=O) groups is 2. The summed E-state index contributed by atoms with van der Waals surface area (Å²) in [5.74, 6) is 5.89. The minimum atomic E-state index is -4.79. The Bertz CT molecular complexity index is 1270. The molecule has 0 fully saturated rings. The van der Waals surface area contributed by atoms with Gasteiger partial charge in [-0.3, -0.25) is 9.59 Å². The van der Waals surface area contributed by atoms with Crippen molar-refractivity contribution in [3.05, 3.63) is 48.2 Å². The van der Waals surface area contributed by atoms with Crippen molar-refractivity contribution in [3.63, 3.8) is 0 Å². The molecular weight excluding hydrogens is 551 g/mol. The van der Waals surface area contributed by atoms with Crippen LogP contribution in [0.5, 0.6) is 5.75 Å². The first kappa shape index (κ1) is 33.9. The minimum absolute atomic E-state index is 0.178. The Morgan fingerprint density at radius 1 is 1.19 bits per heavy atom. The number of anilines is 3. The molecule has 3 N–H and O–H groups in total. The van der Waals surface area contributed by atoms with E-state index in [0.29, 0.717) is 49.5 Å². The van der Waals surface area contributed by atoms with Crippen molar-refractivity contribution < 1.29 is 27.5 Å². The number of unbranched alkanes of at least 4 members (excludes halogenated alkanes) is 1.